The highest BCUT2D eigenvalue weighted by atomic mass is 35.5. The van der Waals surface area contributed by atoms with Crippen LogP contribution in [0, 0.1) is 0 Å². The molecular weight excluding hydrogens is 386 g/mol. The topological polar surface area (TPSA) is 93.5 Å². The molecule has 0 spiro atoms. The van der Waals surface area contributed by atoms with Gasteiger partial charge in [0.05, 0.1) is 17.6 Å². The number of aromatic nitrogens is 5. The summed E-state index contributed by atoms with van der Waals surface area (Å²) in [6.45, 7) is 0. The Hall–Kier alpha value is -2.97. The normalized spacial score (nSPS) is 11.0. The molecule has 0 unspecified atom stereocenters. The predicted octanol–water partition coefficient (Wildman–Crippen LogP) is 3.13. The fourth-order valence-electron chi connectivity index (χ4n) is 2.50. The van der Waals surface area contributed by atoms with Crippen molar-refractivity contribution in [2.24, 2.45) is 0 Å². The Labute approximate surface area is 162 Å². The van der Waals surface area contributed by atoms with E-state index < -0.39 is 0 Å². The molecule has 0 fully saturated rings. The molecular formula is C18H12ClN5O2S. The zero-order chi connectivity index (χ0) is 18.8. The van der Waals surface area contributed by atoms with Gasteiger partial charge < -0.3 is 4.98 Å². The van der Waals surface area contributed by atoms with Crippen molar-refractivity contribution in [2.45, 2.75) is 5.16 Å². The third kappa shape index (κ3) is 3.62. The number of fused-ring (bicyclic) bond motifs is 1. The Balaban J connectivity index is 1.66. The van der Waals surface area contributed by atoms with Crippen molar-refractivity contribution < 1.29 is 4.79 Å². The third-order valence-electron chi connectivity index (χ3n) is 3.76. The van der Waals surface area contributed by atoms with E-state index in [1.54, 1.807) is 47.3 Å². The van der Waals surface area contributed by atoms with Crippen LogP contribution in [0.2, 0.25) is 5.02 Å². The first kappa shape index (κ1) is 17.4. The van der Waals surface area contributed by atoms with Crippen molar-refractivity contribution in [1.82, 2.24) is 24.7 Å². The van der Waals surface area contributed by atoms with Crippen molar-refractivity contribution in [3.8, 4) is 5.69 Å². The molecule has 0 radical (unpaired) electrons. The van der Waals surface area contributed by atoms with Crippen LogP contribution in [0.4, 0.5) is 0 Å². The standard InChI is InChI=1S/C18H12ClN5O2S/c19-11-4-3-5-12(8-11)24-16-13(9-21-24)17(26)23-18(22-16)27-10-15(25)14-6-1-2-7-20-14/h1-9H,10H2,(H,22,23,26). The number of carbonyl (C=O) groups is 1. The van der Waals surface area contributed by atoms with Crippen molar-refractivity contribution in [3.63, 3.8) is 0 Å². The Morgan fingerprint density at radius 3 is 2.89 bits per heavy atom. The highest BCUT2D eigenvalue weighted by Gasteiger charge is 2.14. The second-order valence-corrected chi connectivity index (χ2v) is 6.97. The summed E-state index contributed by atoms with van der Waals surface area (Å²) in [5.74, 6) is -0.0387. The number of ketones is 1. The Bertz CT molecular complexity index is 1190. The number of aromatic amines is 1. The van der Waals surface area contributed by atoms with Crippen LogP contribution in [0.3, 0.4) is 0 Å². The number of hydrogen-bond acceptors (Lipinski definition) is 6. The van der Waals surface area contributed by atoms with Crippen molar-refractivity contribution >= 4 is 40.2 Å². The van der Waals surface area contributed by atoms with Crippen molar-refractivity contribution in [2.75, 3.05) is 5.75 Å². The van der Waals surface area contributed by atoms with Gasteiger partial charge in [0, 0.05) is 11.2 Å². The van der Waals surface area contributed by atoms with Gasteiger partial charge in [-0.3, -0.25) is 14.6 Å². The molecule has 9 heteroatoms. The van der Waals surface area contributed by atoms with Crippen LogP contribution in [0.1, 0.15) is 10.5 Å². The molecule has 0 bridgehead atoms. The van der Waals surface area contributed by atoms with E-state index >= 15 is 0 Å². The van der Waals surface area contributed by atoms with E-state index in [2.05, 4.69) is 20.1 Å². The van der Waals surface area contributed by atoms with E-state index in [9.17, 15) is 9.59 Å². The van der Waals surface area contributed by atoms with Crippen LogP contribution in [-0.4, -0.2) is 36.3 Å². The number of Topliss-reactive ketones (excluding diaryl/α,β-unsaturated/α-hetero) is 1. The van der Waals surface area contributed by atoms with E-state index in [0.29, 0.717) is 32.6 Å². The van der Waals surface area contributed by atoms with E-state index in [0.717, 1.165) is 11.8 Å². The van der Waals surface area contributed by atoms with Gasteiger partial charge >= 0.3 is 0 Å². The van der Waals surface area contributed by atoms with Crippen LogP contribution < -0.4 is 5.56 Å². The van der Waals surface area contributed by atoms with Gasteiger partial charge in [0.25, 0.3) is 5.56 Å². The lowest BCUT2D eigenvalue weighted by Gasteiger charge is -2.05. The number of benzene rings is 1. The lowest BCUT2D eigenvalue weighted by Crippen LogP contribution is -2.11. The zero-order valence-electron chi connectivity index (χ0n) is 13.8. The van der Waals surface area contributed by atoms with Gasteiger partial charge in [0.15, 0.2) is 16.6 Å². The van der Waals surface area contributed by atoms with Gasteiger partial charge in [-0.1, -0.05) is 35.5 Å². The molecule has 0 aliphatic carbocycles. The maximum Gasteiger partial charge on any atom is 0.262 e. The van der Waals surface area contributed by atoms with Gasteiger partial charge in [-0.15, -0.1) is 0 Å². The fraction of sp³-hybridized carbons (Fsp3) is 0.0556. The molecule has 7 nitrogen and oxygen atoms in total. The van der Waals surface area contributed by atoms with E-state index in [1.807, 2.05) is 6.07 Å². The quantitative estimate of drug-likeness (QED) is 0.316. The number of H-pyrrole nitrogens is 1. The molecule has 0 atom stereocenters. The van der Waals surface area contributed by atoms with E-state index in [1.165, 1.54) is 6.20 Å². The van der Waals surface area contributed by atoms with Gasteiger partial charge in [-0.25, -0.2) is 9.67 Å². The maximum atomic E-state index is 12.3. The molecule has 3 aromatic heterocycles. The van der Waals surface area contributed by atoms with Crippen LogP contribution in [0.5, 0.6) is 0 Å². The first-order chi connectivity index (χ1) is 13.1. The molecule has 1 N–H and O–H groups in total. The average Bonchev–Trinajstić information content (AvgIpc) is 3.11. The van der Waals surface area contributed by atoms with Crippen molar-refractivity contribution in [1.29, 1.82) is 0 Å². The summed E-state index contributed by atoms with van der Waals surface area (Å²) in [5.41, 5.74) is 1.14. The highest BCUT2D eigenvalue weighted by molar-refractivity contribution is 7.99. The fourth-order valence-corrected chi connectivity index (χ4v) is 3.42. The Kier molecular flexibility index (Phi) is 4.74. The number of thioether (sulfide) groups is 1. The van der Waals surface area contributed by atoms with E-state index in [4.69, 9.17) is 11.6 Å². The molecule has 134 valence electrons. The molecule has 0 aliphatic rings. The van der Waals surface area contributed by atoms with Crippen LogP contribution in [0.25, 0.3) is 16.7 Å². The highest BCUT2D eigenvalue weighted by Crippen LogP contribution is 2.20. The Morgan fingerprint density at radius 2 is 2.11 bits per heavy atom. The van der Waals surface area contributed by atoms with Gasteiger partial charge in [-0.05, 0) is 30.3 Å². The summed E-state index contributed by atoms with van der Waals surface area (Å²) in [6, 6.07) is 12.2. The Morgan fingerprint density at radius 1 is 1.22 bits per heavy atom. The van der Waals surface area contributed by atoms with Gasteiger partial charge in [0.2, 0.25) is 0 Å². The molecule has 1 aromatic carbocycles. The predicted molar refractivity (Wildman–Crippen MR) is 104 cm³/mol. The van der Waals surface area contributed by atoms with Gasteiger partial charge in [0.1, 0.15) is 11.1 Å². The third-order valence-corrected chi connectivity index (χ3v) is 4.87. The second-order valence-electron chi connectivity index (χ2n) is 5.57. The minimum absolute atomic E-state index is 0.108. The zero-order valence-corrected chi connectivity index (χ0v) is 15.4. The molecule has 0 amide bonds. The summed E-state index contributed by atoms with van der Waals surface area (Å²) in [7, 11) is 0. The first-order valence-electron chi connectivity index (χ1n) is 7.93. The summed E-state index contributed by atoms with van der Waals surface area (Å²) < 4.78 is 1.54. The number of hydrogen-bond donors (Lipinski definition) is 1. The monoisotopic (exact) mass is 397 g/mol. The van der Waals surface area contributed by atoms with Gasteiger partial charge in [-0.2, -0.15) is 5.10 Å². The average molecular weight is 398 g/mol. The lowest BCUT2D eigenvalue weighted by molar-refractivity contribution is 0.101. The maximum absolute atomic E-state index is 12.3. The first-order valence-corrected chi connectivity index (χ1v) is 9.29. The molecule has 0 saturated carbocycles. The smallest absolute Gasteiger partial charge is 0.262 e. The molecule has 27 heavy (non-hydrogen) atoms. The number of rotatable bonds is 5. The molecule has 4 rings (SSSR count). The number of nitrogens with one attached hydrogen (secondary N) is 1. The van der Waals surface area contributed by atoms with E-state index in [-0.39, 0.29) is 17.1 Å². The number of pyridine rings is 1. The SMILES string of the molecule is O=C(CSc1nc2c(cnn2-c2cccc(Cl)c2)c(=O)[nH]1)c1ccccn1. The summed E-state index contributed by atoms with van der Waals surface area (Å²) >= 11 is 7.18. The minimum atomic E-state index is -0.318. The number of halogens is 1. The largest absolute Gasteiger partial charge is 0.301 e. The van der Waals surface area contributed by atoms with Crippen molar-refractivity contribution in [3.05, 3.63) is 75.9 Å². The van der Waals surface area contributed by atoms with Crippen LogP contribution in [0.15, 0.2) is 64.8 Å². The second kappa shape index (κ2) is 7.34. The summed E-state index contributed by atoms with van der Waals surface area (Å²) in [5, 5.41) is 5.48. The molecule has 4 aromatic rings. The molecule has 3 heterocycles. The molecule has 0 aliphatic heterocycles. The minimum Gasteiger partial charge on any atom is -0.301 e. The summed E-state index contributed by atoms with van der Waals surface area (Å²) in [6.07, 6.45) is 3.02. The number of carbonyl (C=O) groups excluding carboxylic acids is 1. The van der Waals surface area contributed by atoms with Crippen LogP contribution >= 0.6 is 23.4 Å². The lowest BCUT2D eigenvalue weighted by atomic mass is 10.3. The molecule has 0 saturated heterocycles. The van der Waals surface area contributed by atoms with Crippen LogP contribution in [-0.2, 0) is 0 Å². The summed E-state index contributed by atoms with van der Waals surface area (Å²) in [4.78, 5) is 35.7. The number of nitrogens with zero attached hydrogens (tertiary/aromatic N) is 4.